The number of piperidine rings is 1. The summed E-state index contributed by atoms with van der Waals surface area (Å²) in [5, 5.41) is 0. The standard InChI is InChI=1S/C16H25NO2/c1-14(2)15(3)7-8-16(14,11-12(15)18)13(19)17-9-5-4-6-10-17/h4-11H2,1-3H3/t15-,16-/m0/s1. The Hall–Kier alpha value is -0.860. The van der Waals surface area contributed by atoms with Gasteiger partial charge >= 0.3 is 0 Å². The number of Topliss-reactive ketones (excluding diaryl/α,β-unsaturated/α-hetero) is 1. The summed E-state index contributed by atoms with van der Waals surface area (Å²) in [6, 6.07) is 0. The molecule has 1 heterocycles. The van der Waals surface area contributed by atoms with Gasteiger partial charge in [-0.3, -0.25) is 9.59 Å². The van der Waals surface area contributed by atoms with Crippen molar-refractivity contribution in [3.8, 4) is 0 Å². The van der Waals surface area contributed by atoms with E-state index in [1.165, 1.54) is 6.42 Å². The number of hydrogen-bond donors (Lipinski definition) is 0. The zero-order valence-electron chi connectivity index (χ0n) is 12.4. The molecule has 2 aliphatic carbocycles. The van der Waals surface area contributed by atoms with Crippen molar-refractivity contribution in [2.45, 2.75) is 59.3 Å². The van der Waals surface area contributed by atoms with Crippen molar-refractivity contribution in [1.29, 1.82) is 0 Å². The van der Waals surface area contributed by atoms with E-state index in [0.29, 0.717) is 12.2 Å². The summed E-state index contributed by atoms with van der Waals surface area (Å²) < 4.78 is 0. The van der Waals surface area contributed by atoms with Crippen molar-refractivity contribution < 1.29 is 9.59 Å². The van der Waals surface area contributed by atoms with E-state index >= 15 is 0 Å². The second-order valence-corrected chi connectivity index (χ2v) is 7.49. The molecule has 2 bridgehead atoms. The van der Waals surface area contributed by atoms with Gasteiger partial charge in [0.25, 0.3) is 0 Å². The summed E-state index contributed by atoms with van der Waals surface area (Å²) in [5.74, 6) is 0.584. The molecule has 3 aliphatic rings. The van der Waals surface area contributed by atoms with Gasteiger partial charge < -0.3 is 4.90 Å². The molecule has 3 fully saturated rings. The van der Waals surface area contributed by atoms with Crippen LogP contribution in [0.2, 0.25) is 0 Å². The summed E-state index contributed by atoms with van der Waals surface area (Å²) in [5.41, 5.74) is -0.875. The van der Waals surface area contributed by atoms with Crippen LogP contribution in [0.4, 0.5) is 0 Å². The first kappa shape index (κ1) is 13.1. The van der Waals surface area contributed by atoms with Crippen LogP contribution < -0.4 is 0 Å². The highest BCUT2D eigenvalue weighted by atomic mass is 16.2. The smallest absolute Gasteiger partial charge is 0.229 e. The lowest BCUT2D eigenvalue weighted by Gasteiger charge is -2.42. The maximum absolute atomic E-state index is 13.1. The van der Waals surface area contributed by atoms with Crippen molar-refractivity contribution in [3.05, 3.63) is 0 Å². The highest BCUT2D eigenvalue weighted by molar-refractivity contribution is 5.99. The van der Waals surface area contributed by atoms with Gasteiger partial charge in [0.05, 0.1) is 5.41 Å². The summed E-state index contributed by atoms with van der Waals surface area (Å²) in [4.78, 5) is 27.5. The van der Waals surface area contributed by atoms with E-state index < -0.39 is 5.41 Å². The second-order valence-electron chi connectivity index (χ2n) is 7.49. The van der Waals surface area contributed by atoms with Gasteiger partial charge in [-0.15, -0.1) is 0 Å². The minimum Gasteiger partial charge on any atom is -0.342 e. The molecule has 3 rings (SSSR count). The number of likely N-dealkylation sites (tertiary alicyclic amines) is 1. The third kappa shape index (κ3) is 1.39. The molecule has 1 aliphatic heterocycles. The Balaban J connectivity index is 1.95. The van der Waals surface area contributed by atoms with Crippen molar-refractivity contribution in [2.24, 2.45) is 16.2 Å². The molecule has 0 aromatic rings. The van der Waals surface area contributed by atoms with E-state index in [1.807, 2.05) is 4.90 Å². The van der Waals surface area contributed by atoms with Gasteiger partial charge in [0.15, 0.2) is 0 Å². The highest BCUT2D eigenvalue weighted by Gasteiger charge is 2.72. The Morgan fingerprint density at radius 2 is 1.68 bits per heavy atom. The Morgan fingerprint density at radius 1 is 1.05 bits per heavy atom. The summed E-state index contributed by atoms with van der Waals surface area (Å²) in [6.07, 6.45) is 5.74. The number of carbonyl (C=O) groups is 2. The Morgan fingerprint density at radius 3 is 2.16 bits per heavy atom. The molecular weight excluding hydrogens is 238 g/mol. The normalized spacial score (nSPS) is 40.8. The van der Waals surface area contributed by atoms with Crippen LogP contribution in [0.5, 0.6) is 0 Å². The van der Waals surface area contributed by atoms with E-state index in [2.05, 4.69) is 20.8 Å². The fourth-order valence-corrected chi connectivity index (χ4v) is 4.73. The number of amides is 1. The zero-order valence-corrected chi connectivity index (χ0v) is 12.4. The maximum Gasteiger partial charge on any atom is 0.229 e. The number of nitrogens with zero attached hydrogens (tertiary/aromatic N) is 1. The molecule has 106 valence electrons. The monoisotopic (exact) mass is 263 g/mol. The number of carbonyl (C=O) groups excluding carboxylic acids is 2. The van der Waals surface area contributed by atoms with E-state index in [0.717, 1.165) is 38.8 Å². The lowest BCUT2D eigenvalue weighted by atomic mass is 9.64. The Kier molecular flexibility index (Phi) is 2.65. The molecule has 2 atom stereocenters. The molecule has 1 saturated heterocycles. The van der Waals surface area contributed by atoms with Gasteiger partial charge in [0.2, 0.25) is 5.91 Å². The molecule has 0 radical (unpaired) electrons. The van der Waals surface area contributed by atoms with Crippen LogP contribution in [-0.4, -0.2) is 29.7 Å². The molecule has 0 N–H and O–H groups in total. The minimum atomic E-state index is -0.407. The van der Waals surface area contributed by atoms with E-state index in [1.54, 1.807) is 0 Å². The highest BCUT2D eigenvalue weighted by Crippen LogP contribution is 2.71. The third-order valence-corrected chi connectivity index (χ3v) is 6.76. The van der Waals surface area contributed by atoms with E-state index in [9.17, 15) is 9.59 Å². The van der Waals surface area contributed by atoms with Crippen molar-refractivity contribution in [3.63, 3.8) is 0 Å². The van der Waals surface area contributed by atoms with Crippen LogP contribution in [0.3, 0.4) is 0 Å². The fraction of sp³-hybridized carbons (Fsp3) is 0.875. The first-order valence-corrected chi connectivity index (χ1v) is 7.68. The topological polar surface area (TPSA) is 37.4 Å². The molecule has 3 nitrogen and oxygen atoms in total. The van der Waals surface area contributed by atoms with Crippen LogP contribution in [0.15, 0.2) is 0 Å². The minimum absolute atomic E-state index is 0.189. The summed E-state index contributed by atoms with van der Waals surface area (Å²) in [7, 11) is 0. The van der Waals surface area contributed by atoms with Crippen LogP contribution >= 0.6 is 0 Å². The molecule has 2 saturated carbocycles. The summed E-state index contributed by atoms with van der Waals surface area (Å²) >= 11 is 0. The SMILES string of the molecule is CC1(C)[C@@]2(C(=O)N3CCCCC3)CC[C@@]1(C)C(=O)C2. The third-order valence-electron chi connectivity index (χ3n) is 6.76. The maximum atomic E-state index is 13.1. The molecule has 0 spiro atoms. The lowest BCUT2D eigenvalue weighted by molar-refractivity contribution is -0.148. The van der Waals surface area contributed by atoms with Gasteiger partial charge in [0.1, 0.15) is 5.78 Å². The van der Waals surface area contributed by atoms with Gasteiger partial charge in [-0.1, -0.05) is 20.8 Å². The number of ketones is 1. The van der Waals surface area contributed by atoms with Crippen molar-refractivity contribution >= 4 is 11.7 Å². The predicted molar refractivity (Wildman–Crippen MR) is 73.6 cm³/mol. The average molecular weight is 263 g/mol. The molecular formula is C16H25NO2. The first-order chi connectivity index (χ1) is 8.85. The van der Waals surface area contributed by atoms with Crippen LogP contribution in [0.25, 0.3) is 0 Å². The van der Waals surface area contributed by atoms with Crippen LogP contribution in [0.1, 0.15) is 59.3 Å². The first-order valence-electron chi connectivity index (χ1n) is 7.68. The van der Waals surface area contributed by atoms with Crippen LogP contribution in [0, 0.1) is 16.2 Å². The molecule has 19 heavy (non-hydrogen) atoms. The van der Waals surface area contributed by atoms with Gasteiger partial charge in [-0.05, 0) is 37.5 Å². The molecule has 0 aromatic heterocycles. The van der Waals surface area contributed by atoms with Crippen molar-refractivity contribution in [2.75, 3.05) is 13.1 Å². The molecule has 0 unspecified atom stereocenters. The predicted octanol–water partition coefficient (Wildman–Crippen LogP) is 2.78. The molecule has 3 heteroatoms. The molecule has 0 aromatic carbocycles. The number of fused-ring (bicyclic) bond motifs is 2. The average Bonchev–Trinajstić information content (AvgIpc) is 2.69. The fourth-order valence-electron chi connectivity index (χ4n) is 4.73. The number of rotatable bonds is 1. The second kappa shape index (κ2) is 3.83. The Labute approximate surface area is 115 Å². The Bertz CT molecular complexity index is 436. The van der Waals surface area contributed by atoms with E-state index in [-0.39, 0.29) is 16.7 Å². The van der Waals surface area contributed by atoms with Crippen LogP contribution in [-0.2, 0) is 9.59 Å². The van der Waals surface area contributed by atoms with Crippen molar-refractivity contribution in [1.82, 2.24) is 4.90 Å². The molecule has 1 amide bonds. The lowest BCUT2D eigenvalue weighted by Crippen LogP contribution is -2.50. The van der Waals surface area contributed by atoms with E-state index in [4.69, 9.17) is 0 Å². The zero-order chi connectivity index (χ0) is 13.9. The summed E-state index contributed by atoms with van der Waals surface area (Å²) in [6.45, 7) is 8.15. The van der Waals surface area contributed by atoms with Gasteiger partial charge in [-0.2, -0.15) is 0 Å². The number of hydrogen-bond acceptors (Lipinski definition) is 2. The quantitative estimate of drug-likeness (QED) is 0.729. The largest absolute Gasteiger partial charge is 0.342 e. The van der Waals surface area contributed by atoms with Gasteiger partial charge in [0, 0.05) is 24.9 Å². The van der Waals surface area contributed by atoms with Gasteiger partial charge in [-0.25, -0.2) is 0 Å².